The van der Waals surface area contributed by atoms with Crippen molar-refractivity contribution in [1.82, 2.24) is 19.9 Å². The van der Waals surface area contributed by atoms with E-state index in [0.717, 1.165) is 52.1 Å². The summed E-state index contributed by atoms with van der Waals surface area (Å²) >= 11 is 3.15. The first kappa shape index (κ1) is 22.4. The van der Waals surface area contributed by atoms with Gasteiger partial charge in [0.15, 0.2) is 5.13 Å². The van der Waals surface area contributed by atoms with E-state index in [2.05, 4.69) is 20.3 Å². The minimum absolute atomic E-state index is 0.0121. The van der Waals surface area contributed by atoms with E-state index >= 15 is 0 Å². The van der Waals surface area contributed by atoms with Gasteiger partial charge in [-0.1, -0.05) is 0 Å². The van der Waals surface area contributed by atoms with E-state index in [0.29, 0.717) is 11.4 Å². The molecule has 7 nitrogen and oxygen atoms in total. The number of pyridine rings is 1. The molecule has 3 aromatic heterocycles. The first-order valence-corrected chi connectivity index (χ1v) is 12.8. The number of nitrogens with zero attached hydrogens (tertiary/aromatic N) is 4. The van der Waals surface area contributed by atoms with E-state index in [1.807, 2.05) is 36.3 Å². The molecule has 1 amide bonds. The summed E-state index contributed by atoms with van der Waals surface area (Å²) in [6.45, 7) is 3.66. The number of halogens is 1. The minimum atomic E-state index is -0.465. The summed E-state index contributed by atoms with van der Waals surface area (Å²) in [5.41, 5.74) is 2.48. The molecular formula is C23H26FN5O2S2. The zero-order chi connectivity index (χ0) is 22.9. The number of hydrogen-bond donors (Lipinski definition) is 1. The van der Waals surface area contributed by atoms with Gasteiger partial charge in [0.05, 0.1) is 39.5 Å². The number of aryl methyl sites for hydroxylation is 2. The average Bonchev–Trinajstić information content (AvgIpc) is 3.47. The standard InChI is InChI=1S/C23H26FN5O2S2/c1-13-21(33-14(2)26-13)19-12-32-23(27-19)28-20-6-3-15(11-25-20)22(30)29-16-4-5-17(29)10-18(9-16)31-8-7-24/h3,6,11-12,16-18H,4-5,7-10H2,1-2H3,(H,25,27,28)/t16-,17+,18+. The number of alkyl halides is 1. The summed E-state index contributed by atoms with van der Waals surface area (Å²) in [7, 11) is 0. The topological polar surface area (TPSA) is 80.2 Å². The molecule has 0 aliphatic carbocycles. The number of fused-ring (bicyclic) bond motifs is 2. The molecule has 0 unspecified atom stereocenters. The van der Waals surface area contributed by atoms with Crippen LogP contribution in [0.4, 0.5) is 15.3 Å². The molecule has 2 fully saturated rings. The number of rotatable bonds is 7. The fourth-order valence-electron chi connectivity index (χ4n) is 4.86. The molecule has 10 heteroatoms. The van der Waals surface area contributed by atoms with E-state index in [1.165, 1.54) is 11.3 Å². The molecule has 2 aliphatic rings. The van der Waals surface area contributed by atoms with Gasteiger partial charge in [-0.25, -0.2) is 19.3 Å². The highest BCUT2D eigenvalue weighted by molar-refractivity contribution is 7.16. The van der Waals surface area contributed by atoms with Gasteiger partial charge in [0, 0.05) is 23.7 Å². The van der Waals surface area contributed by atoms with Crippen LogP contribution in [0.5, 0.6) is 0 Å². The molecule has 0 radical (unpaired) electrons. The monoisotopic (exact) mass is 487 g/mol. The molecule has 3 atom stereocenters. The van der Waals surface area contributed by atoms with E-state index in [-0.39, 0.29) is 30.7 Å². The zero-order valence-electron chi connectivity index (χ0n) is 18.6. The van der Waals surface area contributed by atoms with Crippen LogP contribution in [-0.4, -0.2) is 57.2 Å². The number of nitrogens with one attached hydrogen (secondary N) is 1. The molecule has 5 heterocycles. The number of piperidine rings is 1. The smallest absolute Gasteiger partial charge is 0.255 e. The Kier molecular flexibility index (Phi) is 6.40. The average molecular weight is 488 g/mol. The summed E-state index contributed by atoms with van der Waals surface area (Å²) in [5.74, 6) is 0.657. The van der Waals surface area contributed by atoms with Crippen LogP contribution in [0.15, 0.2) is 23.7 Å². The van der Waals surface area contributed by atoms with E-state index in [4.69, 9.17) is 4.74 Å². The first-order valence-electron chi connectivity index (χ1n) is 11.1. The minimum Gasteiger partial charge on any atom is -0.375 e. The number of carbonyl (C=O) groups is 1. The number of thiazole rings is 2. The lowest BCUT2D eigenvalue weighted by Crippen LogP contribution is -2.48. The number of amides is 1. The number of ether oxygens (including phenoxy) is 1. The fraction of sp³-hybridized carbons (Fsp3) is 0.478. The van der Waals surface area contributed by atoms with Crippen LogP contribution >= 0.6 is 22.7 Å². The van der Waals surface area contributed by atoms with Crippen molar-refractivity contribution >= 4 is 39.5 Å². The lowest BCUT2D eigenvalue weighted by atomic mass is 9.98. The van der Waals surface area contributed by atoms with Crippen LogP contribution < -0.4 is 5.32 Å². The number of anilines is 2. The van der Waals surface area contributed by atoms with Crippen LogP contribution in [0.25, 0.3) is 10.6 Å². The summed E-state index contributed by atoms with van der Waals surface area (Å²) in [6, 6.07) is 3.95. The molecule has 2 bridgehead atoms. The van der Waals surface area contributed by atoms with E-state index in [1.54, 1.807) is 17.5 Å². The van der Waals surface area contributed by atoms with Gasteiger partial charge < -0.3 is 15.0 Å². The Bertz CT molecular complexity index is 1120. The van der Waals surface area contributed by atoms with Crippen molar-refractivity contribution in [3.05, 3.63) is 40.0 Å². The van der Waals surface area contributed by atoms with Crippen LogP contribution in [-0.2, 0) is 4.74 Å². The van der Waals surface area contributed by atoms with Crippen molar-refractivity contribution in [2.45, 2.75) is 57.7 Å². The Morgan fingerprint density at radius 1 is 1.24 bits per heavy atom. The Labute approximate surface area is 200 Å². The molecule has 1 N–H and O–H groups in total. The third-order valence-corrected chi connectivity index (χ3v) is 8.09. The Hall–Kier alpha value is -2.43. The predicted molar refractivity (Wildman–Crippen MR) is 128 cm³/mol. The van der Waals surface area contributed by atoms with Gasteiger partial charge in [-0.2, -0.15) is 0 Å². The normalized spacial score (nSPS) is 22.0. The van der Waals surface area contributed by atoms with Gasteiger partial charge in [-0.05, 0) is 51.7 Å². The van der Waals surface area contributed by atoms with Crippen LogP contribution in [0, 0.1) is 13.8 Å². The summed E-state index contributed by atoms with van der Waals surface area (Å²) in [4.78, 5) is 29.9. The third-order valence-electron chi connectivity index (χ3n) is 6.24. The molecule has 0 spiro atoms. The van der Waals surface area contributed by atoms with Crippen molar-refractivity contribution in [3.63, 3.8) is 0 Å². The molecule has 3 aromatic rings. The molecule has 5 rings (SSSR count). The summed E-state index contributed by atoms with van der Waals surface area (Å²) in [6.07, 6.45) is 5.18. The second kappa shape index (κ2) is 9.44. The Morgan fingerprint density at radius 3 is 2.67 bits per heavy atom. The third kappa shape index (κ3) is 4.64. The lowest BCUT2D eigenvalue weighted by molar-refractivity contribution is -0.0181. The molecule has 2 aliphatic heterocycles. The number of hydrogen-bond acceptors (Lipinski definition) is 8. The molecule has 0 saturated carbocycles. The zero-order valence-corrected chi connectivity index (χ0v) is 20.2. The fourth-order valence-corrected chi connectivity index (χ4v) is 6.53. The predicted octanol–water partition coefficient (Wildman–Crippen LogP) is 5.14. The molecular weight excluding hydrogens is 461 g/mol. The maximum Gasteiger partial charge on any atom is 0.255 e. The second-order valence-corrected chi connectivity index (χ2v) is 10.6. The van der Waals surface area contributed by atoms with Gasteiger partial charge in [-0.3, -0.25) is 4.79 Å². The van der Waals surface area contributed by atoms with Crippen LogP contribution in [0.3, 0.4) is 0 Å². The SMILES string of the molecule is Cc1nc(C)c(-c2csc(Nc3ccc(C(=O)N4[C@@H]5CC[C@H]4C[C@@H](OCCF)C5)cn3)n2)s1. The molecule has 174 valence electrons. The molecule has 33 heavy (non-hydrogen) atoms. The van der Waals surface area contributed by atoms with E-state index in [9.17, 15) is 9.18 Å². The van der Waals surface area contributed by atoms with Gasteiger partial charge in [0.25, 0.3) is 5.91 Å². The van der Waals surface area contributed by atoms with Crippen molar-refractivity contribution in [1.29, 1.82) is 0 Å². The van der Waals surface area contributed by atoms with Crippen molar-refractivity contribution in [2.75, 3.05) is 18.6 Å². The summed E-state index contributed by atoms with van der Waals surface area (Å²) < 4.78 is 18.1. The number of aromatic nitrogens is 3. The van der Waals surface area contributed by atoms with Crippen molar-refractivity contribution in [2.24, 2.45) is 0 Å². The summed E-state index contributed by atoms with van der Waals surface area (Å²) in [5, 5.41) is 7.01. The largest absolute Gasteiger partial charge is 0.375 e. The Morgan fingerprint density at radius 2 is 2.03 bits per heavy atom. The quantitative estimate of drug-likeness (QED) is 0.497. The lowest BCUT2D eigenvalue weighted by Gasteiger charge is -2.38. The maximum atomic E-state index is 13.2. The van der Waals surface area contributed by atoms with Crippen LogP contribution in [0.1, 0.15) is 46.7 Å². The number of carbonyl (C=O) groups excluding carboxylic acids is 1. The molecule has 2 saturated heterocycles. The van der Waals surface area contributed by atoms with Crippen molar-refractivity contribution in [3.8, 4) is 10.6 Å². The maximum absolute atomic E-state index is 13.2. The van der Waals surface area contributed by atoms with Gasteiger partial charge in [0.1, 0.15) is 12.5 Å². The van der Waals surface area contributed by atoms with E-state index < -0.39 is 6.67 Å². The van der Waals surface area contributed by atoms with Gasteiger partial charge >= 0.3 is 0 Å². The van der Waals surface area contributed by atoms with Crippen LogP contribution in [0.2, 0.25) is 0 Å². The van der Waals surface area contributed by atoms with Crippen molar-refractivity contribution < 1.29 is 13.9 Å². The van der Waals surface area contributed by atoms with Gasteiger partial charge in [-0.15, -0.1) is 22.7 Å². The van der Waals surface area contributed by atoms with Gasteiger partial charge in [0.2, 0.25) is 0 Å². The second-order valence-electron chi connectivity index (χ2n) is 8.49. The highest BCUT2D eigenvalue weighted by atomic mass is 32.1. The Balaban J connectivity index is 1.23. The molecule has 0 aromatic carbocycles. The highest BCUT2D eigenvalue weighted by Crippen LogP contribution is 2.38. The first-order chi connectivity index (χ1) is 16.0. The highest BCUT2D eigenvalue weighted by Gasteiger charge is 2.43.